The highest BCUT2D eigenvalue weighted by molar-refractivity contribution is 5.96. The summed E-state index contributed by atoms with van der Waals surface area (Å²) < 4.78 is 4.58. The SMILES string of the molecule is CC#CC(=O)NC.CCC1CCCN1CCC#CC(=O)NC.CCCC#CC(=O)NC.CC[C@H]1CCCN1CCC#CC(=O)NC.CNC(=O)C#CCCN1CCCC1.CNC(=O)C#CCN(C)C.CNC(=O)C#CCN1CCCC1.CNC(=O)C#CCOC.CNC(=O)C#Cc1ccccc1. The number of ether oxygens (including phenoxy) is 1. The second-order valence-corrected chi connectivity index (χ2v) is 22.0. The van der Waals surface area contributed by atoms with Crippen LogP contribution in [0.1, 0.15) is 130 Å². The maximum Gasteiger partial charge on any atom is 0.295 e. The highest BCUT2D eigenvalue weighted by atomic mass is 16.5. The van der Waals surface area contributed by atoms with E-state index in [1.807, 2.05) is 56.3 Å². The summed E-state index contributed by atoms with van der Waals surface area (Å²) >= 11 is 0. The number of carbonyl (C=O) groups excluding carboxylic acids is 9. The normalized spacial score (nSPS) is 13.7. The smallest absolute Gasteiger partial charge is 0.295 e. The number of carbonyl (C=O) groups is 9. The topological polar surface area (TPSA) is 287 Å². The van der Waals surface area contributed by atoms with Crippen molar-refractivity contribution in [3.8, 4) is 107 Å². The minimum absolute atomic E-state index is 0.191. The summed E-state index contributed by atoms with van der Waals surface area (Å²) in [5.41, 5.74) is 0.848. The fourth-order valence-corrected chi connectivity index (χ4v) is 8.58. The Kier molecular flexibility index (Phi) is 70.1. The molecular formula is C78H118N14O10. The highest BCUT2D eigenvalue weighted by Crippen LogP contribution is 2.20. The van der Waals surface area contributed by atoms with Crippen molar-refractivity contribution in [3.63, 3.8) is 0 Å². The van der Waals surface area contributed by atoms with Crippen LogP contribution in [0.5, 0.6) is 0 Å². The summed E-state index contributed by atoms with van der Waals surface area (Å²) in [5, 5.41) is 21.9. The fourth-order valence-electron chi connectivity index (χ4n) is 8.58. The van der Waals surface area contributed by atoms with E-state index in [-0.39, 0.29) is 53.2 Å². The zero-order valence-electron chi connectivity index (χ0n) is 64.0. The van der Waals surface area contributed by atoms with Crippen molar-refractivity contribution in [2.45, 2.75) is 136 Å². The van der Waals surface area contributed by atoms with E-state index in [0.717, 1.165) is 89.0 Å². The molecule has 24 nitrogen and oxygen atoms in total. The molecule has 1 aromatic carbocycles. The molecule has 0 bridgehead atoms. The first-order chi connectivity index (χ1) is 49.1. The average Bonchev–Trinajstić information content (AvgIpc) is 1.79. The number of unbranched alkanes of at least 4 members (excludes halogenated alkanes) is 1. The van der Waals surface area contributed by atoms with E-state index in [1.54, 1.807) is 63.3 Å². The van der Waals surface area contributed by atoms with Crippen LogP contribution in [0.25, 0.3) is 0 Å². The Morgan fingerprint density at radius 1 is 0.422 bits per heavy atom. The number of likely N-dealkylation sites (tertiary alicyclic amines) is 4. The molecule has 0 radical (unpaired) electrons. The molecule has 4 aliphatic heterocycles. The minimum Gasteiger partial charge on any atom is -0.372 e. The van der Waals surface area contributed by atoms with Crippen molar-refractivity contribution in [1.82, 2.24) is 72.4 Å². The predicted molar refractivity (Wildman–Crippen MR) is 408 cm³/mol. The van der Waals surface area contributed by atoms with Gasteiger partial charge in [0.1, 0.15) is 6.61 Å². The Hall–Kier alpha value is -9.75. The Morgan fingerprint density at radius 2 is 0.765 bits per heavy atom. The minimum atomic E-state index is -0.285. The molecule has 0 aromatic heterocycles. The highest BCUT2D eigenvalue weighted by Gasteiger charge is 2.22. The third kappa shape index (κ3) is 64.9. The molecule has 102 heavy (non-hydrogen) atoms. The second kappa shape index (κ2) is 72.5. The zero-order valence-corrected chi connectivity index (χ0v) is 64.0. The quantitative estimate of drug-likeness (QED) is 0.135. The Labute approximate surface area is 612 Å². The summed E-state index contributed by atoms with van der Waals surface area (Å²) in [6.45, 7) is 19.8. The fraction of sp³-hybridized carbons (Fsp3) is 0.577. The number of rotatable bonds is 12. The van der Waals surface area contributed by atoms with E-state index in [2.05, 4.69) is 193 Å². The van der Waals surface area contributed by atoms with E-state index in [9.17, 15) is 43.2 Å². The molecule has 4 heterocycles. The van der Waals surface area contributed by atoms with Crippen molar-refractivity contribution in [3.05, 3.63) is 35.9 Å². The number of nitrogens with one attached hydrogen (secondary N) is 9. The summed E-state index contributed by atoms with van der Waals surface area (Å²) in [5.74, 6) is 44.7. The molecule has 24 heteroatoms. The van der Waals surface area contributed by atoms with Gasteiger partial charge < -0.3 is 57.5 Å². The second-order valence-electron chi connectivity index (χ2n) is 22.0. The first-order valence-corrected chi connectivity index (χ1v) is 34.6. The third-order valence-corrected chi connectivity index (χ3v) is 14.0. The van der Waals surface area contributed by atoms with Crippen LogP contribution in [0.15, 0.2) is 30.3 Å². The van der Waals surface area contributed by atoms with Gasteiger partial charge in [0.25, 0.3) is 53.2 Å². The number of benzene rings is 1. The van der Waals surface area contributed by atoms with E-state index >= 15 is 0 Å². The monoisotopic (exact) mass is 1410 g/mol. The van der Waals surface area contributed by atoms with Gasteiger partial charge in [0.15, 0.2) is 0 Å². The third-order valence-electron chi connectivity index (χ3n) is 14.0. The average molecular weight is 1410 g/mol. The molecule has 0 saturated carbocycles. The van der Waals surface area contributed by atoms with Crippen LogP contribution >= 0.6 is 0 Å². The lowest BCUT2D eigenvalue weighted by atomic mass is 10.2. The van der Waals surface area contributed by atoms with Crippen molar-refractivity contribution >= 4 is 53.2 Å². The van der Waals surface area contributed by atoms with Crippen molar-refractivity contribution in [2.24, 2.45) is 0 Å². The number of hydrogen-bond acceptors (Lipinski definition) is 15. The zero-order chi connectivity index (χ0) is 77.2. The van der Waals surface area contributed by atoms with Gasteiger partial charge in [0, 0.05) is 139 Å². The van der Waals surface area contributed by atoms with Crippen LogP contribution in [-0.4, -0.2) is 253 Å². The number of amides is 9. The lowest BCUT2D eigenvalue weighted by Gasteiger charge is -2.21. The van der Waals surface area contributed by atoms with Crippen molar-refractivity contribution in [1.29, 1.82) is 0 Å². The summed E-state index contributed by atoms with van der Waals surface area (Å²) in [4.78, 5) is 107. The molecule has 4 saturated heterocycles. The number of hydrogen-bond donors (Lipinski definition) is 9. The molecule has 0 spiro atoms. The van der Waals surface area contributed by atoms with Crippen LogP contribution in [0.4, 0.5) is 0 Å². The van der Waals surface area contributed by atoms with Crippen molar-refractivity contribution in [2.75, 3.05) is 163 Å². The number of methoxy groups -OCH3 is 1. The van der Waals surface area contributed by atoms with Gasteiger partial charge in [-0.2, -0.15) is 0 Å². The lowest BCUT2D eigenvalue weighted by Crippen LogP contribution is -2.29. The van der Waals surface area contributed by atoms with Gasteiger partial charge in [0.2, 0.25) is 0 Å². The Morgan fingerprint density at radius 3 is 1.12 bits per heavy atom. The van der Waals surface area contributed by atoms with Gasteiger partial charge in [-0.3, -0.25) is 62.8 Å². The number of nitrogens with zero attached hydrogens (tertiary/aromatic N) is 5. The van der Waals surface area contributed by atoms with Crippen LogP contribution in [0.2, 0.25) is 0 Å². The van der Waals surface area contributed by atoms with Crippen LogP contribution in [-0.2, 0) is 47.9 Å². The van der Waals surface area contributed by atoms with E-state index in [0.29, 0.717) is 13.2 Å². The maximum atomic E-state index is 10.8. The van der Waals surface area contributed by atoms with Gasteiger partial charge in [0.05, 0.1) is 13.1 Å². The van der Waals surface area contributed by atoms with Crippen LogP contribution < -0.4 is 47.9 Å². The molecular weight excluding hydrogens is 1290 g/mol. The summed E-state index contributed by atoms with van der Waals surface area (Å²) in [7, 11) is 19.5. The molecule has 9 N–H and O–H groups in total. The molecule has 2 atom stereocenters. The summed E-state index contributed by atoms with van der Waals surface area (Å²) in [6.07, 6.45) is 17.0. The maximum absolute atomic E-state index is 10.8. The van der Waals surface area contributed by atoms with Crippen LogP contribution in [0.3, 0.4) is 0 Å². The predicted octanol–water partition coefficient (Wildman–Crippen LogP) is 1.81. The van der Waals surface area contributed by atoms with Gasteiger partial charge in [-0.25, -0.2) is 0 Å². The lowest BCUT2D eigenvalue weighted by molar-refractivity contribution is -0.116. The van der Waals surface area contributed by atoms with Gasteiger partial charge >= 0.3 is 0 Å². The van der Waals surface area contributed by atoms with Crippen molar-refractivity contribution < 1.29 is 47.9 Å². The molecule has 560 valence electrons. The molecule has 1 aromatic rings. The Balaban J connectivity index is -0.000000534. The molecule has 0 aliphatic carbocycles. The van der Waals surface area contributed by atoms with Gasteiger partial charge in [-0.1, -0.05) is 92.3 Å². The molecule has 5 rings (SSSR count). The van der Waals surface area contributed by atoms with Gasteiger partial charge in [-0.15, -0.1) is 0 Å². The first-order valence-electron chi connectivity index (χ1n) is 34.6. The largest absolute Gasteiger partial charge is 0.372 e. The van der Waals surface area contributed by atoms with E-state index in [1.165, 1.54) is 105 Å². The molecule has 1 unspecified atom stereocenters. The first kappa shape index (κ1) is 98.6. The standard InChI is InChI=1S/2C12H20N2O.C10H16N2O.C10H9NO.C9H14N2O.C7H12N2O.C7H11NO.C6H9NO2.C5H7NO/c2*1-3-11-7-6-10-14(11)9-5-4-8-12(15)13-2;1-11-10(13)6-2-3-7-12-8-4-5-9-12;1-11-10(12)8-7-9-5-3-2-4-6-9;1-10-9(12)5-4-8-11-6-2-3-7-11;1-8-7(10)5-4-6-9(2)3;1-3-4-5-6-7(9)8-2;1-7-6(8)4-3-5-9-2;1-3-4-5(7)6-2/h2*11H,3,5-7,9-10H2,1-2H3,(H,13,15);3-5,7-9H2,1H3,(H,11,13);2-6H,1H3,(H,11,12);2-3,6-8H2,1H3,(H,10,12);6H2,1-3H3,(H,8,10);3-4H2,1-2H3,(H,8,9);5H2,1-2H3,(H,7,8);1-2H3,(H,6,7)/t11-;;;;;;;;/m0......../s1. The van der Waals surface area contributed by atoms with Gasteiger partial charge in [-0.05, 0) is 190 Å². The van der Waals surface area contributed by atoms with E-state index in [4.69, 9.17) is 0 Å². The molecule has 4 aliphatic rings. The summed E-state index contributed by atoms with van der Waals surface area (Å²) in [6, 6.07) is 10.9. The van der Waals surface area contributed by atoms with Crippen LogP contribution in [0, 0.1) is 107 Å². The Bertz CT molecular complexity index is 3080. The molecule has 9 amide bonds. The molecule has 4 fully saturated rings. The van der Waals surface area contributed by atoms with E-state index < -0.39 is 0 Å².